The van der Waals surface area contributed by atoms with Gasteiger partial charge in [-0.15, -0.1) is 0 Å². The fourth-order valence-electron chi connectivity index (χ4n) is 2.73. The fourth-order valence-corrected chi connectivity index (χ4v) is 2.98. The minimum Gasteiger partial charge on any atom is -0.344 e. The van der Waals surface area contributed by atoms with Crippen LogP contribution in [0, 0.1) is 11.6 Å². The van der Waals surface area contributed by atoms with Crippen molar-refractivity contribution in [2.45, 2.75) is 0 Å². The van der Waals surface area contributed by atoms with Gasteiger partial charge < -0.3 is 10.3 Å². The van der Waals surface area contributed by atoms with Gasteiger partial charge in [0.2, 0.25) is 0 Å². The van der Waals surface area contributed by atoms with Crippen LogP contribution in [0.2, 0.25) is 5.02 Å². The quantitative estimate of drug-likeness (QED) is 0.478. The number of nitrogens with one attached hydrogen (secondary N) is 2. The highest BCUT2D eigenvalue weighted by Crippen LogP contribution is 2.30. The van der Waals surface area contributed by atoms with Crippen molar-refractivity contribution in [3.63, 3.8) is 0 Å². The van der Waals surface area contributed by atoms with Gasteiger partial charge in [-0.25, -0.2) is 13.8 Å². The predicted molar refractivity (Wildman–Crippen MR) is 107 cm³/mol. The monoisotopic (exact) mass is 410 g/mol. The summed E-state index contributed by atoms with van der Waals surface area (Å²) in [6.07, 6.45) is 3.09. The second-order valence-electron chi connectivity index (χ2n) is 6.12. The first-order valence-corrected chi connectivity index (χ1v) is 8.92. The van der Waals surface area contributed by atoms with E-state index in [0.29, 0.717) is 22.8 Å². The second-order valence-corrected chi connectivity index (χ2v) is 6.53. The maximum atomic E-state index is 14.1. The average Bonchev–Trinajstić information content (AvgIpc) is 3.19. The number of aromatic amines is 1. The number of halogens is 3. The Morgan fingerprint density at radius 1 is 1.03 bits per heavy atom. The molecule has 0 aliphatic heterocycles. The summed E-state index contributed by atoms with van der Waals surface area (Å²) in [5.74, 6) is -1.00. The maximum absolute atomic E-state index is 14.1. The van der Waals surface area contributed by atoms with Crippen LogP contribution in [0.25, 0.3) is 22.6 Å². The van der Waals surface area contributed by atoms with Gasteiger partial charge in [0.15, 0.2) is 0 Å². The largest absolute Gasteiger partial charge is 0.344 e. The molecule has 0 saturated carbocycles. The van der Waals surface area contributed by atoms with E-state index in [0.717, 1.165) is 0 Å². The Kier molecular flexibility index (Phi) is 5.05. The number of carbonyl (C=O) groups is 1. The third kappa shape index (κ3) is 4.00. The molecule has 2 heterocycles. The molecule has 5 nitrogen and oxygen atoms in total. The van der Waals surface area contributed by atoms with E-state index in [1.807, 2.05) is 0 Å². The number of hydrogen-bond acceptors (Lipinski definition) is 3. The van der Waals surface area contributed by atoms with Gasteiger partial charge in [0.1, 0.15) is 23.2 Å². The van der Waals surface area contributed by atoms with Crippen LogP contribution in [0.5, 0.6) is 0 Å². The molecular formula is C21H13ClF2N4O. The molecule has 29 heavy (non-hydrogen) atoms. The van der Waals surface area contributed by atoms with Crippen LogP contribution in [0.15, 0.2) is 67.0 Å². The number of nitrogens with zero attached hydrogens (tertiary/aromatic N) is 2. The lowest BCUT2D eigenvalue weighted by molar-refractivity contribution is 0.102. The van der Waals surface area contributed by atoms with Crippen molar-refractivity contribution >= 4 is 23.2 Å². The number of carbonyl (C=O) groups excluding carboxylic acids is 1. The Balaban J connectivity index is 1.53. The maximum Gasteiger partial charge on any atom is 0.274 e. The Labute approximate surface area is 169 Å². The molecule has 0 unspecified atom stereocenters. The molecule has 4 rings (SSSR count). The summed E-state index contributed by atoms with van der Waals surface area (Å²) in [6.45, 7) is 0. The number of aromatic nitrogens is 3. The number of benzene rings is 2. The normalized spacial score (nSPS) is 10.7. The molecule has 0 radical (unpaired) electrons. The van der Waals surface area contributed by atoms with Crippen molar-refractivity contribution in [3.05, 3.63) is 89.3 Å². The van der Waals surface area contributed by atoms with E-state index in [-0.39, 0.29) is 22.1 Å². The summed E-state index contributed by atoms with van der Waals surface area (Å²) >= 11 is 6.07. The number of H-pyrrole nitrogens is 1. The first-order chi connectivity index (χ1) is 14.0. The van der Waals surface area contributed by atoms with E-state index in [2.05, 4.69) is 20.3 Å². The second kappa shape index (κ2) is 7.81. The molecular weight excluding hydrogens is 398 g/mol. The van der Waals surface area contributed by atoms with Crippen LogP contribution >= 0.6 is 11.6 Å². The van der Waals surface area contributed by atoms with Gasteiger partial charge in [-0.3, -0.25) is 9.78 Å². The summed E-state index contributed by atoms with van der Waals surface area (Å²) in [7, 11) is 0. The van der Waals surface area contributed by atoms with Crippen LogP contribution in [0.3, 0.4) is 0 Å². The molecule has 1 amide bonds. The first-order valence-electron chi connectivity index (χ1n) is 8.54. The van der Waals surface area contributed by atoms with Crippen LogP contribution < -0.4 is 5.32 Å². The van der Waals surface area contributed by atoms with Crippen LogP contribution in [0.4, 0.5) is 14.5 Å². The summed E-state index contributed by atoms with van der Waals surface area (Å²) < 4.78 is 27.0. The van der Waals surface area contributed by atoms with Gasteiger partial charge in [0, 0.05) is 23.6 Å². The summed E-state index contributed by atoms with van der Waals surface area (Å²) in [5, 5.41) is 2.88. The summed E-state index contributed by atoms with van der Waals surface area (Å²) in [5.41, 5.74) is 1.99. The molecule has 8 heteroatoms. The van der Waals surface area contributed by atoms with E-state index in [9.17, 15) is 13.6 Å². The van der Waals surface area contributed by atoms with E-state index in [1.165, 1.54) is 42.6 Å². The van der Waals surface area contributed by atoms with Gasteiger partial charge in [-0.1, -0.05) is 17.7 Å². The van der Waals surface area contributed by atoms with Gasteiger partial charge >= 0.3 is 0 Å². The van der Waals surface area contributed by atoms with E-state index in [4.69, 9.17) is 11.6 Å². The molecule has 2 aromatic carbocycles. The highest BCUT2D eigenvalue weighted by molar-refractivity contribution is 6.33. The molecule has 2 N–H and O–H groups in total. The van der Waals surface area contributed by atoms with Crippen molar-refractivity contribution in [3.8, 4) is 22.6 Å². The third-order valence-electron chi connectivity index (χ3n) is 4.17. The fraction of sp³-hybridized carbons (Fsp3) is 0. The lowest BCUT2D eigenvalue weighted by Gasteiger charge is -2.05. The molecule has 2 aromatic heterocycles. The number of anilines is 1. The molecule has 0 atom stereocenters. The van der Waals surface area contributed by atoms with Crippen molar-refractivity contribution in [2.24, 2.45) is 0 Å². The summed E-state index contributed by atoms with van der Waals surface area (Å²) in [6, 6.07) is 13.0. The number of hydrogen-bond donors (Lipinski definition) is 2. The zero-order valence-electron chi connectivity index (χ0n) is 14.8. The van der Waals surface area contributed by atoms with E-state index >= 15 is 0 Å². The van der Waals surface area contributed by atoms with Gasteiger partial charge in [0.05, 0.1) is 16.3 Å². The number of amides is 1. The lowest BCUT2D eigenvalue weighted by Crippen LogP contribution is -2.13. The molecule has 0 bridgehead atoms. The van der Waals surface area contributed by atoms with Crippen molar-refractivity contribution in [1.82, 2.24) is 15.0 Å². The molecule has 4 aromatic rings. The van der Waals surface area contributed by atoms with Crippen LogP contribution in [-0.4, -0.2) is 20.9 Å². The van der Waals surface area contributed by atoms with E-state index < -0.39 is 11.7 Å². The molecule has 0 aliphatic rings. The highest BCUT2D eigenvalue weighted by Gasteiger charge is 2.15. The SMILES string of the molecule is O=C(Nc1ccc(F)cc1)c1ccc(-c2c[nH]c(-c3c(F)cccc3Cl)n2)cn1. The van der Waals surface area contributed by atoms with Gasteiger partial charge in [-0.2, -0.15) is 0 Å². The Morgan fingerprint density at radius 2 is 1.83 bits per heavy atom. The predicted octanol–water partition coefficient (Wildman–Crippen LogP) is 5.32. The smallest absolute Gasteiger partial charge is 0.274 e. The Morgan fingerprint density at radius 3 is 2.52 bits per heavy atom. The number of pyridine rings is 1. The van der Waals surface area contributed by atoms with Gasteiger partial charge in [0.25, 0.3) is 5.91 Å². The standard InChI is InChI=1S/C21H13ClF2N4O/c22-15-2-1-3-16(24)19(15)20-26-11-18(28-20)12-4-9-17(25-10-12)21(29)27-14-7-5-13(23)6-8-14/h1-11H,(H,26,28)(H,27,29). The van der Waals surface area contributed by atoms with Crippen molar-refractivity contribution < 1.29 is 13.6 Å². The molecule has 0 aliphatic carbocycles. The Hall–Kier alpha value is -3.58. The molecule has 0 spiro atoms. The molecule has 0 saturated heterocycles. The Bertz CT molecular complexity index is 1150. The van der Waals surface area contributed by atoms with Crippen molar-refractivity contribution in [2.75, 3.05) is 5.32 Å². The number of rotatable bonds is 4. The molecule has 0 fully saturated rings. The number of imidazole rings is 1. The molecule has 144 valence electrons. The zero-order valence-corrected chi connectivity index (χ0v) is 15.5. The highest BCUT2D eigenvalue weighted by atomic mass is 35.5. The first kappa shape index (κ1) is 18.8. The van der Waals surface area contributed by atoms with Crippen LogP contribution in [0.1, 0.15) is 10.5 Å². The minimum absolute atomic E-state index is 0.184. The van der Waals surface area contributed by atoms with Gasteiger partial charge in [-0.05, 0) is 48.5 Å². The van der Waals surface area contributed by atoms with E-state index in [1.54, 1.807) is 24.4 Å². The minimum atomic E-state index is -0.482. The zero-order chi connectivity index (χ0) is 20.4. The third-order valence-corrected chi connectivity index (χ3v) is 4.49. The average molecular weight is 411 g/mol. The summed E-state index contributed by atoms with van der Waals surface area (Å²) in [4.78, 5) is 23.7. The topological polar surface area (TPSA) is 70.7 Å². The van der Waals surface area contributed by atoms with Crippen LogP contribution in [-0.2, 0) is 0 Å². The lowest BCUT2D eigenvalue weighted by atomic mass is 10.2. The van der Waals surface area contributed by atoms with Crippen molar-refractivity contribution in [1.29, 1.82) is 0 Å².